The number of guanidine groups is 1. The number of carbonyl (C=O) groups excluding carboxylic acids is 1. The number of aliphatic imine (C=N–C) groups is 1. The maximum Gasteiger partial charge on any atom is 0.321 e. The van der Waals surface area contributed by atoms with Crippen molar-refractivity contribution in [2.24, 2.45) is 10.7 Å². The van der Waals surface area contributed by atoms with Crippen molar-refractivity contribution >= 4 is 12.0 Å². The summed E-state index contributed by atoms with van der Waals surface area (Å²) in [7, 11) is 0. The number of hydrogen-bond acceptors (Lipinski definition) is 4. The minimum absolute atomic E-state index is 0.196. The minimum atomic E-state index is -0.260. The number of nitrogens with zero attached hydrogens (tertiary/aromatic N) is 2. The van der Waals surface area contributed by atoms with Crippen molar-refractivity contribution in [1.82, 2.24) is 15.5 Å². The number of rotatable bonds is 14. The number of urea groups is 1. The number of hydrogen-bond donors (Lipinski definition) is 3. The number of unbranched alkanes of at least 4 members (excludes halogenated alkanes) is 8. The van der Waals surface area contributed by atoms with E-state index in [2.05, 4.69) is 27.4 Å². The van der Waals surface area contributed by atoms with Gasteiger partial charge in [-0.3, -0.25) is 15.2 Å². The Hall–Kier alpha value is -1.34. The van der Waals surface area contributed by atoms with E-state index in [1.54, 1.807) is 0 Å². The highest BCUT2D eigenvalue weighted by atomic mass is 16.5. The number of morpholine rings is 1. The van der Waals surface area contributed by atoms with Crippen LogP contribution in [0.3, 0.4) is 0 Å². The molecule has 0 aliphatic carbocycles. The fourth-order valence-corrected chi connectivity index (χ4v) is 3.16. The maximum atomic E-state index is 11.8. The van der Waals surface area contributed by atoms with Gasteiger partial charge >= 0.3 is 6.03 Å². The largest absolute Gasteiger partial charge is 0.379 e. The Kier molecular flexibility index (Phi) is 14.8. The number of carbonyl (C=O) groups is 1. The van der Waals surface area contributed by atoms with E-state index in [0.717, 1.165) is 45.7 Å². The van der Waals surface area contributed by atoms with Gasteiger partial charge in [0.1, 0.15) is 0 Å². The molecule has 0 aromatic rings. The predicted octanol–water partition coefficient (Wildman–Crippen LogP) is 2.85. The standard InChI is InChI=1S/C20H41N5O2/c1-2-3-4-5-6-7-8-9-10-12-23-20(26)24-19(21)22-13-11-14-25-15-17-27-18-16-25/h2-18H2,1H3,(H4,21,22,23,24,26). The highest BCUT2D eigenvalue weighted by Gasteiger charge is 2.09. The molecule has 0 aromatic carbocycles. The minimum Gasteiger partial charge on any atom is -0.379 e. The molecule has 2 amide bonds. The SMILES string of the molecule is CCCCCCCCCCCNC(=O)NC(N)=NCCCN1CCOCC1. The van der Waals surface area contributed by atoms with Crippen molar-refractivity contribution in [3.05, 3.63) is 0 Å². The van der Waals surface area contributed by atoms with Gasteiger partial charge in [-0.2, -0.15) is 0 Å². The zero-order valence-corrected chi connectivity index (χ0v) is 17.3. The van der Waals surface area contributed by atoms with Crippen LogP contribution in [-0.4, -0.2) is 62.8 Å². The van der Waals surface area contributed by atoms with Gasteiger partial charge in [0.15, 0.2) is 5.96 Å². The van der Waals surface area contributed by atoms with E-state index in [4.69, 9.17) is 10.5 Å². The average Bonchev–Trinajstić information content (AvgIpc) is 2.67. The first-order valence-electron chi connectivity index (χ1n) is 10.9. The lowest BCUT2D eigenvalue weighted by Crippen LogP contribution is -2.43. The van der Waals surface area contributed by atoms with E-state index in [0.29, 0.717) is 13.1 Å². The molecule has 1 fully saturated rings. The molecular formula is C20H41N5O2. The third kappa shape index (κ3) is 14.4. The van der Waals surface area contributed by atoms with Crippen molar-refractivity contribution < 1.29 is 9.53 Å². The normalized spacial score (nSPS) is 15.7. The highest BCUT2D eigenvalue weighted by Crippen LogP contribution is 2.09. The molecule has 27 heavy (non-hydrogen) atoms. The van der Waals surface area contributed by atoms with Crippen molar-refractivity contribution in [2.45, 2.75) is 71.1 Å². The summed E-state index contributed by atoms with van der Waals surface area (Å²) in [5.74, 6) is 0.196. The monoisotopic (exact) mass is 383 g/mol. The molecule has 0 saturated carbocycles. The van der Waals surface area contributed by atoms with E-state index in [-0.39, 0.29) is 12.0 Å². The van der Waals surface area contributed by atoms with E-state index >= 15 is 0 Å². The second-order valence-corrected chi connectivity index (χ2v) is 7.28. The topological polar surface area (TPSA) is 92.0 Å². The van der Waals surface area contributed by atoms with Crippen LogP contribution in [0.15, 0.2) is 4.99 Å². The second kappa shape index (κ2) is 16.8. The molecule has 0 bridgehead atoms. The molecule has 1 aliphatic rings. The molecule has 158 valence electrons. The van der Waals surface area contributed by atoms with E-state index in [1.807, 2.05) is 0 Å². The Labute approximate surface area is 165 Å². The molecule has 7 heteroatoms. The summed E-state index contributed by atoms with van der Waals surface area (Å²) in [6.07, 6.45) is 12.4. The molecule has 1 saturated heterocycles. The lowest BCUT2D eigenvalue weighted by Gasteiger charge is -2.26. The molecule has 1 aliphatic heterocycles. The fourth-order valence-electron chi connectivity index (χ4n) is 3.16. The van der Waals surface area contributed by atoms with Crippen LogP contribution in [-0.2, 0) is 4.74 Å². The maximum absolute atomic E-state index is 11.8. The molecule has 7 nitrogen and oxygen atoms in total. The van der Waals surface area contributed by atoms with Crippen LogP contribution in [0, 0.1) is 0 Å². The van der Waals surface area contributed by atoms with Crippen LogP contribution in [0.5, 0.6) is 0 Å². The van der Waals surface area contributed by atoms with Gasteiger partial charge in [0.05, 0.1) is 13.2 Å². The smallest absolute Gasteiger partial charge is 0.321 e. The average molecular weight is 384 g/mol. The first-order chi connectivity index (χ1) is 13.2. The summed E-state index contributed by atoms with van der Waals surface area (Å²) in [6.45, 7) is 8.14. The molecule has 0 unspecified atom stereocenters. The second-order valence-electron chi connectivity index (χ2n) is 7.28. The number of nitrogens with one attached hydrogen (secondary N) is 2. The first kappa shape index (κ1) is 23.7. The van der Waals surface area contributed by atoms with Crippen LogP contribution >= 0.6 is 0 Å². The van der Waals surface area contributed by atoms with Crippen LogP contribution in [0.1, 0.15) is 71.1 Å². The van der Waals surface area contributed by atoms with Gasteiger partial charge in [-0.1, -0.05) is 58.3 Å². The summed E-state index contributed by atoms with van der Waals surface area (Å²) >= 11 is 0. The van der Waals surface area contributed by atoms with Gasteiger partial charge in [-0.15, -0.1) is 0 Å². The Bertz CT molecular complexity index is 398. The quantitative estimate of drug-likeness (QED) is 0.244. The number of nitrogens with two attached hydrogens (primary N) is 1. The van der Waals surface area contributed by atoms with Crippen LogP contribution in [0.25, 0.3) is 0 Å². The Morgan fingerprint density at radius 1 is 1.00 bits per heavy atom. The highest BCUT2D eigenvalue weighted by molar-refractivity contribution is 5.95. The van der Waals surface area contributed by atoms with Crippen LogP contribution < -0.4 is 16.4 Å². The van der Waals surface area contributed by atoms with Crippen molar-refractivity contribution in [3.8, 4) is 0 Å². The summed E-state index contributed by atoms with van der Waals surface area (Å²) in [5.41, 5.74) is 5.76. The van der Waals surface area contributed by atoms with E-state index < -0.39 is 0 Å². The number of amides is 2. The summed E-state index contributed by atoms with van der Waals surface area (Å²) in [5, 5.41) is 5.43. The van der Waals surface area contributed by atoms with Crippen LogP contribution in [0.2, 0.25) is 0 Å². The predicted molar refractivity (Wildman–Crippen MR) is 112 cm³/mol. The summed E-state index contributed by atoms with van der Waals surface area (Å²) in [6, 6.07) is -0.260. The van der Waals surface area contributed by atoms with E-state index in [1.165, 1.54) is 51.4 Å². The van der Waals surface area contributed by atoms with Gasteiger partial charge in [-0.05, 0) is 12.8 Å². The van der Waals surface area contributed by atoms with Crippen molar-refractivity contribution in [3.63, 3.8) is 0 Å². The van der Waals surface area contributed by atoms with E-state index in [9.17, 15) is 4.79 Å². The molecular weight excluding hydrogens is 342 g/mol. The molecule has 0 spiro atoms. The van der Waals surface area contributed by atoms with Gasteiger partial charge in [0, 0.05) is 32.7 Å². The molecule has 0 aromatic heterocycles. The zero-order valence-electron chi connectivity index (χ0n) is 17.3. The van der Waals surface area contributed by atoms with Gasteiger partial charge in [0.2, 0.25) is 0 Å². The summed E-state index contributed by atoms with van der Waals surface area (Å²) < 4.78 is 5.32. The molecule has 1 heterocycles. The Morgan fingerprint density at radius 3 is 2.30 bits per heavy atom. The van der Waals surface area contributed by atoms with Crippen LogP contribution in [0.4, 0.5) is 4.79 Å². The zero-order chi connectivity index (χ0) is 19.6. The first-order valence-corrected chi connectivity index (χ1v) is 10.9. The number of ether oxygens (including phenoxy) is 1. The molecule has 4 N–H and O–H groups in total. The third-order valence-corrected chi connectivity index (χ3v) is 4.83. The Balaban J connectivity index is 1.91. The Morgan fingerprint density at radius 2 is 1.63 bits per heavy atom. The third-order valence-electron chi connectivity index (χ3n) is 4.83. The molecule has 1 rings (SSSR count). The lowest BCUT2D eigenvalue weighted by atomic mass is 10.1. The van der Waals surface area contributed by atoms with Gasteiger partial charge < -0.3 is 15.8 Å². The lowest BCUT2D eigenvalue weighted by molar-refractivity contribution is 0.0377. The van der Waals surface area contributed by atoms with Gasteiger partial charge in [-0.25, -0.2) is 4.79 Å². The molecule has 0 atom stereocenters. The molecule has 0 radical (unpaired) electrons. The van der Waals surface area contributed by atoms with Crippen molar-refractivity contribution in [2.75, 3.05) is 45.9 Å². The summed E-state index contributed by atoms with van der Waals surface area (Å²) in [4.78, 5) is 18.3. The van der Waals surface area contributed by atoms with Gasteiger partial charge in [0.25, 0.3) is 0 Å². The van der Waals surface area contributed by atoms with Crippen molar-refractivity contribution in [1.29, 1.82) is 0 Å². The fraction of sp³-hybridized carbons (Fsp3) is 0.900.